The van der Waals surface area contributed by atoms with Crippen LogP contribution in [-0.4, -0.2) is 40.8 Å². The second kappa shape index (κ2) is 5.73. The fourth-order valence-corrected chi connectivity index (χ4v) is 3.56. The summed E-state index contributed by atoms with van der Waals surface area (Å²) < 4.78 is 7.91. The molecule has 5 heteroatoms. The van der Waals surface area contributed by atoms with Crippen molar-refractivity contribution in [3.63, 3.8) is 0 Å². The zero-order valence-electron chi connectivity index (χ0n) is 12.3. The number of hydrogen-bond donors (Lipinski definition) is 1. The molecule has 0 radical (unpaired) electrons. The minimum atomic E-state index is 0.482. The number of ether oxygens (including phenoxy) is 1. The first-order valence-corrected chi connectivity index (χ1v) is 8.02. The van der Waals surface area contributed by atoms with Crippen molar-refractivity contribution in [2.24, 2.45) is 5.92 Å². The molecule has 1 N–H and O–H groups in total. The van der Waals surface area contributed by atoms with Gasteiger partial charge in [-0.05, 0) is 43.9 Å². The van der Waals surface area contributed by atoms with Crippen molar-refractivity contribution in [3.05, 3.63) is 24.2 Å². The van der Waals surface area contributed by atoms with Crippen LogP contribution in [0.25, 0.3) is 11.2 Å². The number of aromatic nitrogens is 3. The van der Waals surface area contributed by atoms with Crippen LogP contribution in [0.2, 0.25) is 0 Å². The van der Waals surface area contributed by atoms with Gasteiger partial charge >= 0.3 is 0 Å². The van der Waals surface area contributed by atoms with Crippen molar-refractivity contribution < 1.29 is 4.74 Å². The third kappa shape index (κ3) is 2.56. The van der Waals surface area contributed by atoms with Gasteiger partial charge in [-0.25, -0.2) is 9.97 Å². The number of imidazole rings is 1. The van der Waals surface area contributed by atoms with Gasteiger partial charge < -0.3 is 14.6 Å². The molecule has 2 aliphatic rings. The number of pyridine rings is 1. The van der Waals surface area contributed by atoms with Gasteiger partial charge in [-0.15, -0.1) is 0 Å². The topological polar surface area (TPSA) is 52.0 Å². The summed E-state index contributed by atoms with van der Waals surface area (Å²) in [6, 6.07) is 4.53. The van der Waals surface area contributed by atoms with Gasteiger partial charge in [-0.2, -0.15) is 0 Å². The van der Waals surface area contributed by atoms with E-state index in [2.05, 4.69) is 20.9 Å². The predicted octanol–water partition coefficient (Wildman–Crippen LogP) is 1.93. The maximum atomic E-state index is 5.52. The Hall–Kier alpha value is -1.46. The monoisotopic (exact) mass is 286 g/mol. The van der Waals surface area contributed by atoms with Crippen molar-refractivity contribution in [1.82, 2.24) is 19.9 Å². The summed E-state index contributed by atoms with van der Waals surface area (Å²) in [5, 5.41) is 3.51. The van der Waals surface area contributed by atoms with E-state index in [-0.39, 0.29) is 0 Å². The van der Waals surface area contributed by atoms with E-state index < -0.39 is 0 Å². The molecular formula is C16H22N4O. The molecule has 5 nitrogen and oxygen atoms in total. The predicted molar refractivity (Wildman–Crippen MR) is 81.3 cm³/mol. The van der Waals surface area contributed by atoms with Gasteiger partial charge in [0.1, 0.15) is 11.3 Å². The van der Waals surface area contributed by atoms with Crippen LogP contribution in [-0.2, 0) is 11.2 Å². The van der Waals surface area contributed by atoms with Crippen LogP contribution >= 0.6 is 0 Å². The lowest BCUT2D eigenvalue weighted by atomic mass is 10.0. The molecule has 0 saturated carbocycles. The summed E-state index contributed by atoms with van der Waals surface area (Å²) in [6.07, 6.45) is 6.47. The number of fused-ring (bicyclic) bond motifs is 1. The highest BCUT2D eigenvalue weighted by Crippen LogP contribution is 2.27. The zero-order valence-corrected chi connectivity index (χ0v) is 12.3. The fraction of sp³-hybridized carbons (Fsp3) is 0.625. The van der Waals surface area contributed by atoms with E-state index in [1.165, 1.54) is 18.7 Å². The Balaban J connectivity index is 1.72. The first-order chi connectivity index (χ1) is 10.4. The van der Waals surface area contributed by atoms with Crippen LogP contribution < -0.4 is 5.32 Å². The average Bonchev–Trinajstić information content (AvgIpc) is 3.15. The van der Waals surface area contributed by atoms with E-state index in [4.69, 9.17) is 9.72 Å². The summed E-state index contributed by atoms with van der Waals surface area (Å²) in [7, 11) is 0. The molecule has 4 rings (SSSR count). The van der Waals surface area contributed by atoms with E-state index >= 15 is 0 Å². The van der Waals surface area contributed by atoms with Crippen molar-refractivity contribution >= 4 is 11.2 Å². The van der Waals surface area contributed by atoms with E-state index in [0.717, 1.165) is 50.3 Å². The molecule has 112 valence electrons. The van der Waals surface area contributed by atoms with Crippen LogP contribution in [0.15, 0.2) is 18.3 Å². The molecule has 4 heterocycles. The quantitative estimate of drug-likeness (QED) is 0.937. The molecule has 0 bridgehead atoms. The Bertz CT molecular complexity index is 612. The summed E-state index contributed by atoms with van der Waals surface area (Å²) in [5.41, 5.74) is 2.07. The van der Waals surface area contributed by atoms with Crippen molar-refractivity contribution in [2.45, 2.75) is 31.7 Å². The molecule has 2 atom stereocenters. The third-order valence-electron chi connectivity index (χ3n) is 4.65. The van der Waals surface area contributed by atoms with Crippen LogP contribution in [0.3, 0.4) is 0 Å². The van der Waals surface area contributed by atoms with Gasteiger partial charge in [0.15, 0.2) is 5.65 Å². The highest BCUT2D eigenvalue weighted by Gasteiger charge is 2.25. The van der Waals surface area contributed by atoms with Gasteiger partial charge in [0.05, 0.1) is 0 Å². The first-order valence-electron chi connectivity index (χ1n) is 8.02. The first kappa shape index (κ1) is 13.2. The van der Waals surface area contributed by atoms with Gasteiger partial charge in [0.25, 0.3) is 0 Å². The number of rotatable bonds is 3. The molecule has 0 spiro atoms. The largest absolute Gasteiger partial charge is 0.381 e. The SMILES string of the molecule is c1cnc2c(c1)nc(CC1CCOC1)n2C1CCCNC1. The Morgan fingerprint density at radius 2 is 2.38 bits per heavy atom. The maximum absolute atomic E-state index is 5.52. The second-order valence-corrected chi connectivity index (χ2v) is 6.18. The Morgan fingerprint density at radius 1 is 1.38 bits per heavy atom. The maximum Gasteiger partial charge on any atom is 0.160 e. The van der Waals surface area contributed by atoms with Crippen molar-refractivity contribution in [3.8, 4) is 0 Å². The summed E-state index contributed by atoms with van der Waals surface area (Å²) in [4.78, 5) is 9.46. The van der Waals surface area contributed by atoms with E-state index in [0.29, 0.717) is 12.0 Å². The number of nitrogens with one attached hydrogen (secondary N) is 1. The zero-order chi connectivity index (χ0) is 14.1. The van der Waals surface area contributed by atoms with Gasteiger partial charge in [0, 0.05) is 38.4 Å². The van der Waals surface area contributed by atoms with E-state index in [9.17, 15) is 0 Å². The highest BCUT2D eigenvalue weighted by atomic mass is 16.5. The molecule has 2 aromatic rings. The normalized spacial score (nSPS) is 26.5. The molecule has 21 heavy (non-hydrogen) atoms. The fourth-order valence-electron chi connectivity index (χ4n) is 3.56. The molecule has 0 aromatic carbocycles. The third-order valence-corrected chi connectivity index (χ3v) is 4.65. The lowest BCUT2D eigenvalue weighted by Crippen LogP contribution is -2.32. The van der Waals surface area contributed by atoms with Gasteiger partial charge in [0.2, 0.25) is 0 Å². The van der Waals surface area contributed by atoms with E-state index in [1.807, 2.05) is 12.3 Å². The Morgan fingerprint density at radius 3 is 3.19 bits per heavy atom. The summed E-state index contributed by atoms with van der Waals surface area (Å²) in [5.74, 6) is 1.80. The van der Waals surface area contributed by atoms with Crippen LogP contribution in [0, 0.1) is 5.92 Å². The molecule has 2 aromatic heterocycles. The lowest BCUT2D eigenvalue weighted by Gasteiger charge is -2.26. The molecule has 2 fully saturated rings. The van der Waals surface area contributed by atoms with Crippen LogP contribution in [0.1, 0.15) is 31.1 Å². The summed E-state index contributed by atoms with van der Waals surface area (Å²) >= 11 is 0. The molecule has 0 amide bonds. The lowest BCUT2D eigenvalue weighted by molar-refractivity contribution is 0.185. The number of nitrogens with zero attached hydrogens (tertiary/aromatic N) is 3. The minimum absolute atomic E-state index is 0.482. The van der Waals surface area contributed by atoms with Crippen molar-refractivity contribution in [2.75, 3.05) is 26.3 Å². The smallest absolute Gasteiger partial charge is 0.160 e. The molecule has 2 saturated heterocycles. The highest BCUT2D eigenvalue weighted by molar-refractivity contribution is 5.71. The number of piperidine rings is 1. The molecule has 2 unspecified atom stereocenters. The van der Waals surface area contributed by atoms with Gasteiger partial charge in [-0.1, -0.05) is 0 Å². The van der Waals surface area contributed by atoms with Crippen molar-refractivity contribution in [1.29, 1.82) is 0 Å². The molecular weight excluding hydrogens is 264 g/mol. The second-order valence-electron chi connectivity index (χ2n) is 6.18. The Kier molecular flexibility index (Phi) is 3.61. The summed E-state index contributed by atoms with van der Waals surface area (Å²) in [6.45, 7) is 3.92. The van der Waals surface area contributed by atoms with Gasteiger partial charge in [-0.3, -0.25) is 0 Å². The van der Waals surface area contributed by atoms with E-state index in [1.54, 1.807) is 0 Å². The van der Waals surface area contributed by atoms with Crippen LogP contribution in [0.4, 0.5) is 0 Å². The standard InChI is InChI=1S/C16H22N4O/c1-3-13(10-17-6-1)20-15(9-12-5-8-21-11-12)19-14-4-2-7-18-16(14)20/h2,4,7,12-13,17H,1,3,5-6,8-11H2. The number of hydrogen-bond acceptors (Lipinski definition) is 4. The minimum Gasteiger partial charge on any atom is -0.381 e. The average molecular weight is 286 g/mol. The Labute approximate surface area is 124 Å². The van der Waals surface area contributed by atoms with Crippen LogP contribution in [0.5, 0.6) is 0 Å². The molecule has 0 aliphatic carbocycles. The molecule has 2 aliphatic heterocycles.